The van der Waals surface area contributed by atoms with Crippen LogP contribution in [0.25, 0.3) is 0 Å². The molecule has 1 saturated carbocycles. The van der Waals surface area contributed by atoms with E-state index < -0.39 is 11.7 Å². The fourth-order valence-electron chi connectivity index (χ4n) is 1.51. The number of nitrogens with zero attached hydrogens (tertiary/aromatic N) is 1. The molecule has 1 aliphatic carbocycles. The zero-order valence-electron chi connectivity index (χ0n) is 8.28. The predicted octanol–water partition coefficient (Wildman–Crippen LogP) is 1.90. The molecule has 2 N–H and O–H groups in total. The molecule has 0 aliphatic heterocycles. The van der Waals surface area contributed by atoms with E-state index in [-0.39, 0.29) is 19.4 Å². The van der Waals surface area contributed by atoms with Crippen LogP contribution in [-0.2, 0) is 6.54 Å². The number of alkyl halides is 3. The first-order valence-corrected chi connectivity index (χ1v) is 4.75. The third-order valence-corrected chi connectivity index (χ3v) is 2.67. The lowest BCUT2D eigenvalue weighted by atomic mass is 10.2. The van der Waals surface area contributed by atoms with Crippen molar-refractivity contribution in [2.75, 3.05) is 0 Å². The summed E-state index contributed by atoms with van der Waals surface area (Å²) >= 11 is 0. The number of aromatic nitrogens is 2. The minimum Gasteiger partial charge on any atom is -0.345 e. The molecule has 0 atom stereocenters. The topological polar surface area (TPSA) is 40.7 Å². The van der Waals surface area contributed by atoms with Gasteiger partial charge >= 0.3 is 6.18 Å². The number of imidazole rings is 1. The van der Waals surface area contributed by atoms with Crippen molar-refractivity contribution in [1.29, 1.82) is 0 Å². The fourth-order valence-corrected chi connectivity index (χ4v) is 1.51. The van der Waals surface area contributed by atoms with Gasteiger partial charge in [-0.1, -0.05) is 0 Å². The summed E-state index contributed by atoms with van der Waals surface area (Å²) in [6.45, 7) is 1.94. The summed E-state index contributed by atoms with van der Waals surface area (Å²) in [4.78, 5) is 6.81. The second kappa shape index (κ2) is 3.23. The molecule has 0 spiro atoms. The molecule has 0 unspecified atom stereocenters. The number of H-pyrrole nitrogens is 1. The van der Waals surface area contributed by atoms with E-state index in [0.29, 0.717) is 11.5 Å². The van der Waals surface area contributed by atoms with Gasteiger partial charge in [-0.25, -0.2) is 4.98 Å². The summed E-state index contributed by atoms with van der Waals surface area (Å²) in [7, 11) is 0. The van der Waals surface area contributed by atoms with Gasteiger partial charge in [0.1, 0.15) is 11.4 Å². The molecule has 6 heteroatoms. The van der Waals surface area contributed by atoms with E-state index in [0.717, 1.165) is 0 Å². The average Bonchev–Trinajstić information content (AvgIpc) is 2.82. The molecule has 0 bridgehead atoms. The van der Waals surface area contributed by atoms with Crippen LogP contribution in [0.1, 0.15) is 24.4 Å². The van der Waals surface area contributed by atoms with Crippen LogP contribution in [0.5, 0.6) is 0 Å². The monoisotopic (exact) mass is 219 g/mol. The molecule has 1 heterocycles. The van der Waals surface area contributed by atoms with Crippen LogP contribution in [0.15, 0.2) is 6.20 Å². The van der Waals surface area contributed by atoms with Crippen molar-refractivity contribution >= 4 is 0 Å². The van der Waals surface area contributed by atoms with Crippen LogP contribution >= 0.6 is 0 Å². The second-order valence-electron chi connectivity index (χ2n) is 3.93. The minimum absolute atomic E-state index is 0.170. The highest BCUT2D eigenvalue weighted by molar-refractivity contribution is 5.10. The Kier molecular flexibility index (Phi) is 2.26. The second-order valence-corrected chi connectivity index (χ2v) is 3.93. The van der Waals surface area contributed by atoms with E-state index >= 15 is 0 Å². The van der Waals surface area contributed by atoms with Gasteiger partial charge in [0.2, 0.25) is 0 Å². The lowest BCUT2D eigenvalue weighted by molar-refractivity contribution is -0.166. The highest BCUT2D eigenvalue weighted by Crippen LogP contribution is 2.48. The van der Waals surface area contributed by atoms with E-state index in [1.54, 1.807) is 13.1 Å². The molecule has 1 aromatic heterocycles. The van der Waals surface area contributed by atoms with Gasteiger partial charge in [0.15, 0.2) is 0 Å². The maximum absolute atomic E-state index is 12.5. The molecule has 15 heavy (non-hydrogen) atoms. The Hall–Kier alpha value is -1.04. The first-order chi connectivity index (χ1) is 6.93. The van der Waals surface area contributed by atoms with Crippen LogP contribution in [0.2, 0.25) is 0 Å². The van der Waals surface area contributed by atoms with Gasteiger partial charge < -0.3 is 4.98 Å². The van der Waals surface area contributed by atoms with Gasteiger partial charge in [0.05, 0.1) is 0 Å². The Balaban J connectivity index is 1.94. The molecule has 1 aliphatic rings. The first-order valence-electron chi connectivity index (χ1n) is 4.75. The number of halogens is 3. The van der Waals surface area contributed by atoms with Crippen molar-refractivity contribution in [1.82, 2.24) is 15.3 Å². The average molecular weight is 219 g/mol. The van der Waals surface area contributed by atoms with Crippen molar-refractivity contribution < 1.29 is 13.2 Å². The molecule has 0 amide bonds. The Morgan fingerprint density at radius 1 is 1.53 bits per heavy atom. The first kappa shape index (κ1) is 10.5. The van der Waals surface area contributed by atoms with Crippen molar-refractivity contribution in [3.63, 3.8) is 0 Å². The maximum Gasteiger partial charge on any atom is 0.406 e. The largest absolute Gasteiger partial charge is 0.406 e. The smallest absolute Gasteiger partial charge is 0.345 e. The van der Waals surface area contributed by atoms with E-state index in [9.17, 15) is 13.2 Å². The van der Waals surface area contributed by atoms with Crippen LogP contribution < -0.4 is 5.32 Å². The van der Waals surface area contributed by atoms with Crippen LogP contribution in [-0.4, -0.2) is 21.7 Å². The molecule has 1 aromatic rings. The highest BCUT2D eigenvalue weighted by Gasteiger charge is 2.62. The Morgan fingerprint density at radius 2 is 2.20 bits per heavy atom. The van der Waals surface area contributed by atoms with E-state index in [1.807, 2.05) is 0 Å². The summed E-state index contributed by atoms with van der Waals surface area (Å²) in [5, 5.41) is 2.54. The van der Waals surface area contributed by atoms with Gasteiger partial charge in [0, 0.05) is 18.4 Å². The van der Waals surface area contributed by atoms with Crippen LogP contribution in [0.4, 0.5) is 13.2 Å². The molecule has 0 radical (unpaired) electrons. The predicted molar refractivity (Wildman–Crippen MR) is 48.2 cm³/mol. The third kappa shape index (κ3) is 1.99. The normalized spacial score (nSPS) is 19.2. The molecule has 84 valence electrons. The van der Waals surface area contributed by atoms with E-state index in [4.69, 9.17) is 0 Å². The van der Waals surface area contributed by atoms with E-state index in [2.05, 4.69) is 15.3 Å². The highest BCUT2D eigenvalue weighted by atomic mass is 19.4. The van der Waals surface area contributed by atoms with Crippen molar-refractivity contribution in [3.05, 3.63) is 17.7 Å². The number of hydrogen-bond acceptors (Lipinski definition) is 2. The van der Waals surface area contributed by atoms with Crippen LogP contribution in [0.3, 0.4) is 0 Å². The summed E-state index contributed by atoms with van der Waals surface area (Å²) in [5.74, 6) is 0.712. The van der Waals surface area contributed by atoms with Crippen molar-refractivity contribution in [2.45, 2.75) is 38.0 Å². The van der Waals surface area contributed by atoms with Gasteiger partial charge in [-0.2, -0.15) is 13.2 Å². The SMILES string of the molecule is Cc1ncc(CNC2(C(F)(F)F)CC2)[nH]1. The van der Waals surface area contributed by atoms with Gasteiger partial charge in [-0.15, -0.1) is 0 Å². The molecular weight excluding hydrogens is 207 g/mol. The summed E-state index contributed by atoms with van der Waals surface area (Å²) in [5.41, 5.74) is -0.963. The Bertz CT molecular complexity index is 352. The number of aromatic amines is 1. The molecule has 2 rings (SSSR count). The van der Waals surface area contributed by atoms with Gasteiger partial charge in [0.25, 0.3) is 0 Å². The fraction of sp³-hybridized carbons (Fsp3) is 0.667. The Morgan fingerprint density at radius 3 is 2.60 bits per heavy atom. The van der Waals surface area contributed by atoms with Crippen LogP contribution in [0, 0.1) is 6.92 Å². The summed E-state index contributed by atoms with van der Waals surface area (Å²) in [6.07, 6.45) is -2.26. The molecule has 3 nitrogen and oxygen atoms in total. The number of nitrogens with one attached hydrogen (secondary N) is 2. The summed E-state index contributed by atoms with van der Waals surface area (Å²) in [6, 6.07) is 0. The quantitative estimate of drug-likeness (QED) is 0.815. The standard InChI is InChI=1S/C9H12F3N3/c1-6-13-4-7(15-6)5-14-8(2-3-8)9(10,11)12/h4,14H,2-3,5H2,1H3,(H,13,15). The zero-order valence-corrected chi connectivity index (χ0v) is 8.28. The van der Waals surface area contributed by atoms with Gasteiger partial charge in [-0.05, 0) is 19.8 Å². The minimum atomic E-state index is -4.15. The number of rotatable bonds is 3. The summed E-state index contributed by atoms with van der Waals surface area (Å²) < 4.78 is 37.5. The van der Waals surface area contributed by atoms with Gasteiger partial charge in [-0.3, -0.25) is 5.32 Å². The van der Waals surface area contributed by atoms with Crippen molar-refractivity contribution in [3.8, 4) is 0 Å². The molecule has 1 fully saturated rings. The Labute approximate surface area is 85.1 Å². The molecular formula is C9H12F3N3. The lowest BCUT2D eigenvalue weighted by Crippen LogP contribution is -2.44. The molecule has 0 saturated heterocycles. The molecule has 0 aromatic carbocycles. The zero-order chi connectivity index (χ0) is 11.1. The van der Waals surface area contributed by atoms with Crippen molar-refractivity contribution in [2.24, 2.45) is 0 Å². The van der Waals surface area contributed by atoms with E-state index in [1.165, 1.54) is 0 Å². The third-order valence-electron chi connectivity index (χ3n) is 2.67. The number of hydrogen-bond donors (Lipinski definition) is 2. The number of aryl methyl sites for hydroxylation is 1. The lowest BCUT2D eigenvalue weighted by Gasteiger charge is -2.20. The maximum atomic E-state index is 12.5.